The monoisotopic (exact) mass is 302 g/mol. The van der Waals surface area contributed by atoms with Gasteiger partial charge in [-0.25, -0.2) is 0 Å². The van der Waals surface area contributed by atoms with Crippen molar-refractivity contribution < 1.29 is 4.42 Å². The van der Waals surface area contributed by atoms with Crippen molar-refractivity contribution in [2.24, 2.45) is 0 Å². The zero-order chi connectivity index (χ0) is 14.9. The van der Waals surface area contributed by atoms with Gasteiger partial charge in [0, 0.05) is 19.0 Å². The van der Waals surface area contributed by atoms with Crippen LogP contribution in [-0.4, -0.2) is 17.7 Å². The smallest absolute Gasteiger partial charge is 0.166 e. The molecule has 0 fully saturated rings. The number of furan rings is 1. The first kappa shape index (κ1) is 15.6. The van der Waals surface area contributed by atoms with Gasteiger partial charge in [0.25, 0.3) is 0 Å². The average Bonchev–Trinajstić information content (AvgIpc) is 2.99. The van der Waals surface area contributed by atoms with Crippen molar-refractivity contribution in [2.75, 3.05) is 6.54 Å². The van der Waals surface area contributed by atoms with Gasteiger partial charge in [-0.05, 0) is 49.7 Å². The molecule has 0 aliphatic heterocycles. The topological polar surface area (TPSA) is 37.2 Å². The first-order valence-electron chi connectivity index (χ1n) is 7.34. The minimum absolute atomic E-state index is 0.326. The number of aryl methyl sites for hydroxylation is 1. The Balaban J connectivity index is 1.60. The fourth-order valence-corrected chi connectivity index (χ4v) is 2.43. The zero-order valence-electron chi connectivity index (χ0n) is 12.3. The number of rotatable bonds is 7. The summed E-state index contributed by atoms with van der Waals surface area (Å²) in [6, 6.07) is 14.7. The van der Waals surface area contributed by atoms with Crippen molar-refractivity contribution >= 4 is 17.3 Å². The molecule has 0 saturated heterocycles. The van der Waals surface area contributed by atoms with E-state index in [1.807, 2.05) is 18.2 Å². The molecule has 4 heteroatoms. The standard InChI is InChI=1S/C17H22N2OS/c1-14(9-10-16-8-5-13-20-16)19-17(21)18-12-11-15-6-3-2-4-7-15/h2-8,13-14H,9-12H2,1H3,(H2,18,19,21)/t14-/m0/s1. The highest BCUT2D eigenvalue weighted by Gasteiger charge is 2.05. The van der Waals surface area contributed by atoms with Crippen LogP contribution in [0.5, 0.6) is 0 Å². The first-order valence-corrected chi connectivity index (χ1v) is 7.75. The van der Waals surface area contributed by atoms with Crippen LogP contribution in [0.1, 0.15) is 24.7 Å². The van der Waals surface area contributed by atoms with E-state index in [4.69, 9.17) is 16.6 Å². The van der Waals surface area contributed by atoms with Gasteiger partial charge in [0.1, 0.15) is 5.76 Å². The molecule has 1 aromatic carbocycles. The Morgan fingerprint density at radius 2 is 1.95 bits per heavy atom. The molecule has 0 unspecified atom stereocenters. The molecule has 0 bridgehead atoms. The molecular formula is C17H22N2OS. The number of hydrogen-bond acceptors (Lipinski definition) is 2. The van der Waals surface area contributed by atoms with Gasteiger partial charge >= 0.3 is 0 Å². The maximum Gasteiger partial charge on any atom is 0.166 e. The number of benzene rings is 1. The van der Waals surface area contributed by atoms with Crippen molar-refractivity contribution in [3.05, 3.63) is 60.1 Å². The van der Waals surface area contributed by atoms with Crippen molar-refractivity contribution in [3.8, 4) is 0 Å². The first-order chi connectivity index (χ1) is 10.2. The Hall–Kier alpha value is -1.81. The van der Waals surface area contributed by atoms with Gasteiger partial charge < -0.3 is 15.1 Å². The number of hydrogen-bond donors (Lipinski definition) is 2. The van der Waals surface area contributed by atoms with E-state index < -0.39 is 0 Å². The lowest BCUT2D eigenvalue weighted by molar-refractivity contribution is 0.482. The molecule has 2 aromatic rings. The number of nitrogens with one attached hydrogen (secondary N) is 2. The second kappa shape index (κ2) is 8.47. The maximum absolute atomic E-state index is 5.33. The Morgan fingerprint density at radius 1 is 1.14 bits per heavy atom. The van der Waals surface area contributed by atoms with Crippen molar-refractivity contribution in [3.63, 3.8) is 0 Å². The van der Waals surface area contributed by atoms with Crippen LogP contribution in [0.2, 0.25) is 0 Å². The van der Waals surface area contributed by atoms with Crippen LogP contribution in [0.3, 0.4) is 0 Å². The fourth-order valence-electron chi connectivity index (χ4n) is 2.13. The van der Waals surface area contributed by atoms with Crippen molar-refractivity contribution in [1.29, 1.82) is 0 Å². The minimum Gasteiger partial charge on any atom is -0.469 e. The molecule has 1 atom stereocenters. The molecule has 0 aliphatic rings. The van der Waals surface area contributed by atoms with E-state index in [1.165, 1.54) is 5.56 Å². The second-order valence-electron chi connectivity index (χ2n) is 5.15. The highest BCUT2D eigenvalue weighted by molar-refractivity contribution is 7.80. The van der Waals surface area contributed by atoms with Gasteiger partial charge in [0.15, 0.2) is 5.11 Å². The third-order valence-electron chi connectivity index (χ3n) is 3.32. The lowest BCUT2D eigenvalue weighted by atomic mass is 10.1. The zero-order valence-corrected chi connectivity index (χ0v) is 13.2. The Bertz CT molecular complexity index is 525. The second-order valence-corrected chi connectivity index (χ2v) is 5.56. The highest BCUT2D eigenvalue weighted by atomic mass is 32.1. The molecule has 2 N–H and O–H groups in total. The summed E-state index contributed by atoms with van der Waals surface area (Å²) in [6.07, 6.45) is 4.61. The van der Waals surface area contributed by atoms with Crippen LogP contribution in [0.4, 0.5) is 0 Å². The normalized spacial score (nSPS) is 11.9. The highest BCUT2D eigenvalue weighted by Crippen LogP contribution is 2.05. The van der Waals surface area contributed by atoms with Gasteiger partial charge in [-0.1, -0.05) is 30.3 Å². The summed E-state index contributed by atoms with van der Waals surface area (Å²) in [7, 11) is 0. The van der Waals surface area contributed by atoms with E-state index in [1.54, 1.807) is 6.26 Å². The van der Waals surface area contributed by atoms with E-state index in [0.717, 1.165) is 36.7 Å². The van der Waals surface area contributed by atoms with Gasteiger partial charge in [0.05, 0.1) is 6.26 Å². The molecule has 0 saturated carbocycles. The van der Waals surface area contributed by atoms with Crippen molar-refractivity contribution in [1.82, 2.24) is 10.6 Å². The third kappa shape index (κ3) is 6.00. The summed E-state index contributed by atoms with van der Waals surface area (Å²) in [5, 5.41) is 7.28. The maximum atomic E-state index is 5.33. The Morgan fingerprint density at radius 3 is 2.67 bits per heavy atom. The summed E-state index contributed by atoms with van der Waals surface area (Å²) in [5.41, 5.74) is 1.32. The molecule has 112 valence electrons. The molecule has 1 aromatic heterocycles. The molecule has 2 rings (SSSR count). The van der Waals surface area contributed by atoms with E-state index in [2.05, 4.69) is 41.8 Å². The van der Waals surface area contributed by atoms with E-state index in [0.29, 0.717) is 6.04 Å². The molecule has 0 aliphatic carbocycles. The average molecular weight is 302 g/mol. The van der Waals surface area contributed by atoms with Crippen LogP contribution in [-0.2, 0) is 12.8 Å². The van der Waals surface area contributed by atoms with Crippen LogP contribution in [0.15, 0.2) is 53.1 Å². The molecule has 3 nitrogen and oxygen atoms in total. The van der Waals surface area contributed by atoms with Crippen molar-refractivity contribution in [2.45, 2.75) is 32.2 Å². The molecule has 1 heterocycles. The largest absolute Gasteiger partial charge is 0.469 e. The molecule has 0 amide bonds. The van der Waals surface area contributed by atoms with Gasteiger partial charge in [-0.2, -0.15) is 0 Å². The fraction of sp³-hybridized carbons (Fsp3) is 0.353. The Kier molecular flexibility index (Phi) is 6.28. The van der Waals surface area contributed by atoms with E-state index in [-0.39, 0.29) is 0 Å². The summed E-state index contributed by atoms with van der Waals surface area (Å²) >= 11 is 5.31. The lowest BCUT2D eigenvalue weighted by Crippen LogP contribution is -2.41. The molecule has 21 heavy (non-hydrogen) atoms. The van der Waals surface area contributed by atoms with Gasteiger partial charge in [-0.15, -0.1) is 0 Å². The SMILES string of the molecule is C[C@@H](CCc1ccco1)NC(=S)NCCc1ccccc1. The summed E-state index contributed by atoms with van der Waals surface area (Å²) < 4.78 is 5.33. The number of thiocarbonyl (C=S) groups is 1. The van der Waals surface area contributed by atoms with E-state index in [9.17, 15) is 0 Å². The quantitative estimate of drug-likeness (QED) is 0.770. The molecular weight excluding hydrogens is 280 g/mol. The predicted molar refractivity (Wildman–Crippen MR) is 90.4 cm³/mol. The summed E-state index contributed by atoms with van der Waals surface area (Å²) in [6.45, 7) is 2.98. The molecule has 0 spiro atoms. The van der Waals surface area contributed by atoms with Gasteiger partial charge in [0.2, 0.25) is 0 Å². The summed E-state index contributed by atoms with van der Waals surface area (Å²) in [4.78, 5) is 0. The van der Waals surface area contributed by atoms with Crippen LogP contribution in [0.25, 0.3) is 0 Å². The van der Waals surface area contributed by atoms with Crippen LogP contribution in [0, 0.1) is 0 Å². The summed E-state index contributed by atoms with van der Waals surface area (Å²) in [5.74, 6) is 1.02. The predicted octanol–water partition coefficient (Wildman–Crippen LogP) is 3.31. The van der Waals surface area contributed by atoms with E-state index >= 15 is 0 Å². The molecule has 0 radical (unpaired) electrons. The van der Waals surface area contributed by atoms with Gasteiger partial charge in [-0.3, -0.25) is 0 Å². The third-order valence-corrected chi connectivity index (χ3v) is 3.59. The Labute approximate surface area is 131 Å². The van der Waals surface area contributed by atoms with Crippen LogP contribution >= 0.6 is 12.2 Å². The van der Waals surface area contributed by atoms with Crippen LogP contribution < -0.4 is 10.6 Å². The minimum atomic E-state index is 0.326. The lowest BCUT2D eigenvalue weighted by Gasteiger charge is -2.16.